The number of nitrogens with zero attached hydrogens (tertiary/aromatic N) is 2. The quantitative estimate of drug-likeness (QED) is 0.762. The maximum Gasteiger partial charge on any atom is 0.412 e. The van der Waals surface area contributed by atoms with Crippen LogP contribution in [0, 0.1) is 0 Å². The van der Waals surface area contributed by atoms with E-state index in [0.717, 1.165) is 18.6 Å². The number of hydrogen-bond acceptors (Lipinski definition) is 4. The van der Waals surface area contributed by atoms with Crippen molar-refractivity contribution in [2.75, 3.05) is 13.2 Å². The minimum atomic E-state index is -0.505. The molecule has 0 aromatic heterocycles. The van der Waals surface area contributed by atoms with E-state index in [1.54, 1.807) is 4.90 Å². The number of hydrogen-bond donors (Lipinski definition) is 1. The van der Waals surface area contributed by atoms with Gasteiger partial charge in [-0.1, -0.05) is 18.2 Å². The molecule has 2 unspecified atom stereocenters. The summed E-state index contributed by atoms with van der Waals surface area (Å²) in [6.07, 6.45) is 1.35. The monoisotopic (exact) mass is 375 g/mol. The number of fused-ring (bicyclic) bond motifs is 2. The van der Waals surface area contributed by atoms with Crippen molar-refractivity contribution in [3.05, 3.63) is 29.8 Å². The number of para-hydroxylation sites is 1. The molecule has 1 N–H and O–H groups in total. The molecule has 140 valence electrons. The molecule has 2 fully saturated rings. The smallest absolute Gasteiger partial charge is 0.412 e. The van der Waals surface area contributed by atoms with Crippen molar-refractivity contribution in [1.29, 1.82) is 0 Å². The van der Waals surface area contributed by atoms with Crippen LogP contribution in [0.25, 0.3) is 0 Å². The molecule has 0 aliphatic carbocycles. The highest BCUT2D eigenvalue weighted by atomic mass is 32.1. The molecular formula is C19H25N3O3S. The second kappa shape index (κ2) is 6.30. The average molecular weight is 375 g/mol. The van der Waals surface area contributed by atoms with Crippen molar-refractivity contribution in [1.82, 2.24) is 15.1 Å². The molecular weight excluding hydrogens is 350 g/mol. The predicted octanol–water partition coefficient (Wildman–Crippen LogP) is 2.52. The van der Waals surface area contributed by atoms with Gasteiger partial charge in [-0.05, 0) is 57.5 Å². The number of nitrogens with one attached hydrogen (secondary N) is 1. The molecule has 1 aromatic carbocycles. The number of carbonyl (C=O) groups excluding carboxylic acids is 1. The van der Waals surface area contributed by atoms with Gasteiger partial charge in [-0.3, -0.25) is 4.90 Å². The second-order valence-electron chi connectivity index (χ2n) is 8.11. The van der Waals surface area contributed by atoms with Gasteiger partial charge in [-0.15, -0.1) is 0 Å². The molecule has 3 heterocycles. The Balaban J connectivity index is 1.49. The first kappa shape index (κ1) is 17.4. The molecule has 2 saturated heterocycles. The van der Waals surface area contributed by atoms with Crippen molar-refractivity contribution < 1.29 is 14.3 Å². The fraction of sp³-hybridized carbons (Fsp3) is 0.579. The Hall–Kier alpha value is -2.02. The van der Waals surface area contributed by atoms with Crippen LogP contribution in [0.3, 0.4) is 0 Å². The predicted molar refractivity (Wildman–Crippen MR) is 102 cm³/mol. The second-order valence-corrected chi connectivity index (χ2v) is 8.49. The third-order valence-electron chi connectivity index (χ3n) is 5.11. The Morgan fingerprint density at radius 2 is 2.12 bits per heavy atom. The van der Waals surface area contributed by atoms with Gasteiger partial charge in [0.05, 0.1) is 12.1 Å². The van der Waals surface area contributed by atoms with E-state index in [4.69, 9.17) is 21.7 Å². The Bertz CT molecular complexity index is 733. The van der Waals surface area contributed by atoms with Crippen molar-refractivity contribution >= 4 is 23.4 Å². The van der Waals surface area contributed by atoms with Gasteiger partial charge >= 0.3 is 6.09 Å². The zero-order valence-electron chi connectivity index (χ0n) is 15.4. The van der Waals surface area contributed by atoms with Gasteiger partial charge in [0.2, 0.25) is 0 Å². The lowest BCUT2D eigenvalue weighted by Gasteiger charge is -2.36. The van der Waals surface area contributed by atoms with E-state index in [-0.39, 0.29) is 24.3 Å². The van der Waals surface area contributed by atoms with E-state index >= 15 is 0 Å². The Morgan fingerprint density at radius 3 is 2.88 bits per heavy atom. The number of thiocarbonyl (C=S) groups is 1. The highest BCUT2D eigenvalue weighted by Crippen LogP contribution is 2.33. The van der Waals surface area contributed by atoms with Crippen LogP contribution in [0.2, 0.25) is 0 Å². The molecule has 1 amide bonds. The van der Waals surface area contributed by atoms with E-state index in [1.807, 2.05) is 39.0 Å². The molecule has 3 aliphatic heterocycles. The van der Waals surface area contributed by atoms with Crippen LogP contribution in [0.4, 0.5) is 4.79 Å². The normalized spacial score (nSPS) is 27.5. The summed E-state index contributed by atoms with van der Waals surface area (Å²) >= 11 is 5.60. The lowest BCUT2D eigenvalue weighted by atomic mass is 10.0. The minimum Gasteiger partial charge on any atom is -0.491 e. The molecule has 0 saturated carbocycles. The third-order valence-corrected chi connectivity index (χ3v) is 5.44. The van der Waals surface area contributed by atoms with Gasteiger partial charge < -0.3 is 19.7 Å². The Kier molecular flexibility index (Phi) is 4.22. The van der Waals surface area contributed by atoms with Crippen LogP contribution in [-0.4, -0.2) is 58.0 Å². The Labute approximate surface area is 159 Å². The molecule has 26 heavy (non-hydrogen) atoms. The molecule has 0 spiro atoms. The molecule has 3 atom stereocenters. The van der Waals surface area contributed by atoms with E-state index in [1.165, 1.54) is 5.56 Å². The number of likely N-dealkylation sites (tertiary alicyclic amines) is 1. The molecule has 0 radical (unpaired) electrons. The number of ether oxygens (including phenoxy) is 2. The van der Waals surface area contributed by atoms with Gasteiger partial charge in [0.25, 0.3) is 0 Å². The molecule has 6 nitrogen and oxygen atoms in total. The highest BCUT2D eigenvalue weighted by molar-refractivity contribution is 7.80. The van der Waals surface area contributed by atoms with Crippen LogP contribution < -0.4 is 10.1 Å². The summed E-state index contributed by atoms with van der Waals surface area (Å²) in [4.78, 5) is 16.5. The number of amides is 1. The van der Waals surface area contributed by atoms with E-state index in [2.05, 4.69) is 16.3 Å². The van der Waals surface area contributed by atoms with Crippen LogP contribution in [0.1, 0.15) is 32.8 Å². The van der Waals surface area contributed by atoms with E-state index in [0.29, 0.717) is 18.3 Å². The molecule has 7 heteroatoms. The molecule has 0 bridgehead atoms. The lowest BCUT2D eigenvalue weighted by Crippen LogP contribution is -2.49. The largest absolute Gasteiger partial charge is 0.491 e. The van der Waals surface area contributed by atoms with Crippen molar-refractivity contribution in [2.45, 2.75) is 57.5 Å². The molecule has 4 rings (SSSR count). The summed E-state index contributed by atoms with van der Waals surface area (Å²) in [6, 6.07) is 8.48. The van der Waals surface area contributed by atoms with Gasteiger partial charge in [0.15, 0.2) is 5.11 Å². The van der Waals surface area contributed by atoms with Gasteiger partial charge in [0, 0.05) is 6.54 Å². The van der Waals surface area contributed by atoms with Crippen LogP contribution in [-0.2, 0) is 11.2 Å². The molecule has 1 aromatic rings. The van der Waals surface area contributed by atoms with Gasteiger partial charge in [0.1, 0.15) is 24.1 Å². The number of benzene rings is 1. The summed E-state index contributed by atoms with van der Waals surface area (Å²) in [5.74, 6) is 0.958. The van der Waals surface area contributed by atoms with Crippen LogP contribution >= 0.6 is 12.2 Å². The highest BCUT2D eigenvalue weighted by Gasteiger charge is 2.50. The maximum absolute atomic E-state index is 12.5. The SMILES string of the molecule is CC(C)(C)OC(=O)N1CCC2C1NC(=S)N2[C@H]1COc2ccccc2C1. The standard InChI is InChI=1S/C19H25N3O3S/c1-19(2,3)25-18(23)21-9-8-14-16(21)20-17(26)22(14)13-10-12-6-4-5-7-15(12)24-11-13/h4-7,13-14,16H,8-11H2,1-3H3,(H,20,26)/t13-,14?,16?/m1/s1. The number of carbonyl (C=O) groups is 1. The van der Waals surface area contributed by atoms with Gasteiger partial charge in [-0.25, -0.2) is 4.79 Å². The average Bonchev–Trinajstić information content (AvgIpc) is 3.10. The zero-order valence-corrected chi connectivity index (χ0v) is 16.2. The minimum absolute atomic E-state index is 0.130. The summed E-state index contributed by atoms with van der Waals surface area (Å²) in [5, 5.41) is 4.03. The van der Waals surface area contributed by atoms with E-state index < -0.39 is 5.60 Å². The fourth-order valence-corrected chi connectivity index (χ4v) is 4.45. The lowest BCUT2D eigenvalue weighted by molar-refractivity contribution is 0.0203. The van der Waals surface area contributed by atoms with Gasteiger partial charge in [-0.2, -0.15) is 0 Å². The van der Waals surface area contributed by atoms with Crippen molar-refractivity contribution in [3.8, 4) is 5.75 Å². The molecule has 3 aliphatic rings. The van der Waals surface area contributed by atoms with Crippen molar-refractivity contribution in [2.24, 2.45) is 0 Å². The summed E-state index contributed by atoms with van der Waals surface area (Å²) < 4.78 is 11.5. The maximum atomic E-state index is 12.5. The first-order chi connectivity index (χ1) is 12.3. The Morgan fingerprint density at radius 1 is 1.35 bits per heavy atom. The van der Waals surface area contributed by atoms with Crippen molar-refractivity contribution in [3.63, 3.8) is 0 Å². The van der Waals surface area contributed by atoms with Crippen LogP contribution in [0.15, 0.2) is 24.3 Å². The topological polar surface area (TPSA) is 54.0 Å². The summed E-state index contributed by atoms with van der Waals surface area (Å²) in [6.45, 7) is 6.92. The van der Waals surface area contributed by atoms with E-state index in [9.17, 15) is 4.79 Å². The summed E-state index contributed by atoms with van der Waals surface area (Å²) in [7, 11) is 0. The van der Waals surface area contributed by atoms with Crippen LogP contribution in [0.5, 0.6) is 5.75 Å². The summed E-state index contributed by atoms with van der Waals surface area (Å²) in [5.41, 5.74) is 0.700. The first-order valence-electron chi connectivity index (χ1n) is 9.12. The third kappa shape index (κ3) is 3.09. The number of rotatable bonds is 1. The first-order valence-corrected chi connectivity index (χ1v) is 9.53. The zero-order chi connectivity index (χ0) is 18.5. The fourth-order valence-electron chi connectivity index (χ4n) is 4.05.